The molecule has 1 fully saturated rings. The Morgan fingerprint density at radius 3 is 2.71 bits per heavy atom. The van der Waals surface area contributed by atoms with Gasteiger partial charge in [0.15, 0.2) is 0 Å². The first-order chi connectivity index (χ1) is 15.2. The van der Waals surface area contributed by atoms with Crippen LogP contribution in [-0.2, 0) is 6.42 Å². The van der Waals surface area contributed by atoms with E-state index < -0.39 is 0 Å². The van der Waals surface area contributed by atoms with Gasteiger partial charge in [-0.05, 0) is 60.5 Å². The fourth-order valence-electron chi connectivity index (χ4n) is 4.68. The van der Waals surface area contributed by atoms with E-state index in [9.17, 15) is 0 Å². The van der Waals surface area contributed by atoms with E-state index in [1.165, 1.54) is 22.4 Å². The highest BCUT2D eigenvalue weighted by Crippen LogP contribution is 2.34. The van der Waals surface area contributed by atoms with Crippen LogP contribution in [0.4, 0.5) is 11.5 Å². The number of hydrogen-bond donors (Lipinski definition) is 2. The van der Waals surface area contributed by atoms with Crippen LogP contribution in [0.25, 0.3) is 33.3 Å². The van der Waals surface area contributed by atoms with Crippen molar-refractivity contribution in [2.75, 3.05) is 50.0 Å². The summed E-state index contributed by atoms with van der Waals surface area (Å²) in [4.78, 5) is 17.4. The quantitative estimate of drug-likeness (QED) is 0.534. The Morgan fingerprint density at radius 2 is 1.81 bits per heavy atom. The molecule has 0 spiro atoms. The van der Waals surface area contributed by atoms with E-state index in [0.29, 0.717) is 0 Å². The van der Waals surface area contributed by atoms with Gasteiger partial charge in [0.1, 0.15) is 11.5 Å². The number of pyridine rings is 2. The van der Waals surface area contributed by atoms with Crippen LogP contribution < -0.4 is 10.2 Å². The lowest BCUT2D eigenvalue weighted by Gasteiger charge is -2.33. The summed E-state index contributed by atoms with van der Waals surface area (Å²) in [6, 6.07) is 13.2. The van der Waals surface area contributed by atoms with Gasteiger partial charge in [-0.1, -0.05) is 6.07 Å². The number of nitrogens with zero attached hydrogens (tertiary/aromatic N) is 4. The SMILES string of the molecule is CN1CCN(c2cc(-c3cnc4[nH]cc(-c5ccc6c(c5)CCN6)c4c3)ccn2)CC1. The van der Waals surface area contributed by atoms with Gasteiger partial charge in [0, 0.05) is 73.5 Å². The smallest absolute Gasteiger partial charge is 0.137 e. The number of benzene rings is 1. The molecule has 0 unspecified atom stereocenters. The van der Waals surface area contributed by atoms with Crippen LogP contribution in [0.5, 0.6) is 0 Å². The van der Waals surface area contributed by atoms with Crippen LogP contribution in [0.2, 0.25) is 0 Å². The molecule has 6 nitrogen and oxygen atoms in total. The maximum Gasteiger partial charge on any atom is 0.137 e. The highest BCUT2D eigenvalue weighted by Gasteiger charge is 2.17. The number of likely N-dealkylation sites (N-methyl/N-ethyl adjacent to an activating group) is 1. The highest BCUT2D eigenvalue weighted by atomic mass is 15.3. The number of nitrogens with one attached hydrogen (secondary N) is 2. The number of piperazine rings is 1. The molecular weight excluding hydrogens is 384 g/mol. The summed E-state index contributed by atoms with van der Waals surface area (Å²) >= 11 is 0. The lowest BCUT2D eigenvalue weighted by molar-refractivity contribution is 0.312. The molecule has 5 heterocycles. The van der Waals surface area contributed by atoms with E-state index in [-0.39, 0.29) is 0 Å². The normalized spacial score (nSPS) is 16.5. The van der Waals surface area contributed by atoms with Crippen molar-refractivity contribution in [3.63, 3.8) is 0 Å². The van der Waals surface area contributed by atoms with Gasteiger partial charge in [-0.3, -0.25) is 0 Å². The Bertz CT molecular complexity index is 1250. The molecule has 156 valence electrons. The Kier molecular flexibility index (Phi) is 4.39. The van der Waals surface area contributed by atoms with Crippen molar-refractivity contribution in [2.45, 2.75) is 6.42 Å². The number of rotatable bonds is 3. The van der Waals surface area contributed by atoms with E-state index in [4.69, 9.17) is 4.98 Å². The zero-order valence-corrected chi connectivity index (χ0v) is 17.7. The fourth-order valence-corrected chi connectivity index (χ4v) is 4.68. The second kappa shape index (κ2) is 7.39. The molecule has 0 amide bonds. The van der Waals surface area contributed by atoms with E-state index >= 15 is 0 Å². The zero-order valence-electron chi connectivity index (χ0n) is 17.7. The molecule has 2 aliphatic heterocycles. The van der Waals surface area contributed by atoms with Crippen LogP contribution in [0.3, 0.4) is 0 Å². The summed E-state index contributed by atoms with van der Waals surface area (Å²) in [6.07, 6.45) is 7.03. The highest BCUT2D eigenvalue weighted by molar-refractivity contribution is 5.96. The van der Waals surface area contributed by atoms with Gasteiger partial charge in [-0.15, -0.1) is 0 Å². The topological polar surface area (TPSA) is 60.1 Å². The summed E-state index contributed by atoms with van der Waals surface area (Å²) < 4.78 is 0. The van der Waals surface area contributed by atoms with Gasteiger partial charge in [0.25, 0.3) is 0 Å². The lowest BCUT2D eigenvalue weighted by Crippen LogP contribution is -2.44. The van der Waals surface area contributed by atoms with Crippen molar-refractivity contribution >= 4 is 22.5 Å². The third-order valence-electron chi connectivity index (χ3n) is 6.56. The number of anilines is 2. The molecule has 0 aliphatic carbocycles. The summed E-state index contributed by atoms with van der Waals surface area (Å²) in [7, 11) is 2.17. The predicted molar refractivity (Wildman–Crippen MR) is 127 cm³/mol. The van der Waals surface area contributed by atoms with Crippen molar-refractivity contribution in [2.24, 2.45) is 0 Å². The van der Waals surface area contributed by atoms with E-state index in [1.54, 1.807) is 0 Å². The van der Waals surface area contributed by atoms with Crippen molar-refractivity contribution in [3.05, 3.63) is 60.6 Å². The number of fused-ring (bicyclic) bond motifs is 2. The summed E-state index contributed by atoms with van der Waals surface area (Å²) in [5.74, 6) is 1.05. The van der Waals surface area contributed by atoms with Crippen molar-refractivity contribution in [3.8, 4) is 22.3 Å². The van der Waals surface area contributed by atoms with E-state index in [2.05, 4.69) is 74.7 Å². The first-order valence-corrected chi connectivity index (χ1v) is 11.0. The fraction of sp³-hybridized carbons (Fsp3) is 0.280. The first kappa shape index (κ1) is 18.4. The molecule has 1 saturated heterocycles. The van der Waals surface area contributed by atoms with Crippen LogP contribution >= 0.6 is 0 Å². The second-order valence-electron chi connectivity index (χ2n) is 8.56. The monoisotopic (exact) mass is 410 g/mol. The van der Waals surface area contributed by atoms with E-state index in [0.717, 1.165) is 67.1 Å². The molecule has 0 saturated carbocycles. The van der Waals surface area contributed by atoms with Gasteiger partial charge in [0.05, 0.1) is 0 Å². The Labute approximate surface area is 181 Å². The average molecular weight is 411 g/mol. The van der Waals surface area contributed by atoms with Crippen LogP contribution in [-0.4, -0.2) is 59.6 Å². The molecule has 3 aromatic heterocycles. The minimum atomic E-state index is 0.922. The molecule has 2 aliphatic rings. The van der Waals surface area contributed by atoms with Crippen molar-refractivity contribution in [1.29, 1.82) is 0 Å². The predicted octanol–water partition coefficient (Wildman–Crippen LogP) is 4.01. The van der Waals surface area contributed by atoms with Gasteiger partial charge in [0.2, 0.25) is 0 Å². The number of aromatic nitrogens is 3. The maximum atomic E-state index is 4.72. The van der Waals surface area contributed by atoms with Crippen LogP contribution in [0, 0.1) is 0 Å². The molecular formula is C25H26N6. The molecule has 6 heteroatoms. The van der Waals surface area contributed by atoms with Crippen LogP contribution in [0.1, 0.15) is 5.56 Å². The van der Waals surface area contributed by atoms with Gasteiger partial charge < -0.3 is 20.1 Å². The number of H-pyrrole nitrogens is 1. The Morgan fingerprint density at radius 1 is 0.903 bits per heavy atom. The Balaban J connectivity index is 1.37. The van der Waals surface area contributed by atoms with Crippen LogP contribution in [0.15, 0.2) is 55.0 Å². The molecule has 6 rings (SSSR count). The minimum absolute atomic E-state index is 0.922. The van der Waals surface area contributed by atoms with Crippen molar-refractivity contribution in [1.82, 2.24) is 19.9 Å². The number of aromatic amines is 1. The van der Waals surface area contributed by atoms with Gasteiger partial charge >= 0.3 is 0 Å². The van der Waals surface area contributed by atoms with E-state index in [1.807, 2.05) is 12.4 Å². The summed E-state index contributed by atoms with van der Waals surface area (Å²) in [5, 5.41) is 4.60. The minimum Gasteiger partial charge on any atom is -0.384 e. The first-order valence-electron chi connectivity index (χ1n) is 11.0. The average Bonchev–Trinajstić information content (AvgIpc) is 3.45. The summed E-state index contributed by atoms with van der Waals surface area (Å²) in [6.45, 7) is 5.19. The maximum absolute atomic E-state index is 4.72. The zero-order chi connectivity index (χ0) is 20.8. The van der Waals surface area contributed by atoms with Gasteiger partial charge in [-0.2, -0.15) is 0 Å². The Hall–Kier alpha value is -3.38. The molecule has 31 heavy (non-hydrogen) atoms. The second-order valence-corrected chi connectivity index (χ2v) is 8.56. The molecule has 0 atom stereocenters. The largest absolute Gasteiger partial charge is 0.384 e. The third-order valence-corrected chi connectivity index (χ3v) is 6.56. The van der Waals surface area contributed by atoms with Gasteiger partial charge in [-0.25, -0.2) is 9.97 Å². The lowest BCUT2D eigenvalue weighted by atomic mass is 10.00. The van der Waals surface area contributed by atoms with Crippen molar-refractivity contribution < 1.29 is 0 Å². The standard InChI is InChI=1S/C25H26N6/c1-30-8-10-31(11-9-30)24-14-17(4-7-27-24)20-13-21-22(16-29-25(21)28-15-20)18-2-3-23-19(12-18)5-6-26-23/h2-4,7,12-16,26H,5-6,8-11H2,1H3,(H,28,29). The molecule has 0 bridgehead atoms. The number of hydrogen-bond acceptors (Lipinski definition) is 5. The molecule has 2 N–H and O–H groups in total. The molecule has 1 aromatic carbocycles. The third kappa shape index (κ3) is 3.33. The summed E-state index contributed by atoms with van der Waals surface area (Å²) in [5.41, 5.74) is 8.29. The molecule has 0 radical (unpaired) electrons. The molecule has 4 aromatic rings.